The number of alkyl halides is 10. The van der Waals surface area contributed by atoms with Crippen molar-refractivity contribution < 1.29 is 43.9 Å². The van der Waals surface area contributed by atoms with Gasteiger partial charge in [-0.05, 0) is 77.6 Å². The molecule has 260 valence electrons. The molecule has 6 aliphatic rings. The maximum Gasteiger partial charge on any atom is 0.435 e. The van der Waals surface area contributed by atoms with E-state index in [0.717, 1.165) is 23.2 Å². The van der Waals surface area contributed by atoms with Gasteiger partial charge in [-0.2, -0.15) is 59.2 Å². The quantitative estimate of drug-likeness (QED) is 0.216. The molecule has 0 radical (unpaired) electrons. The van der Waals surface area contributed by atoms with Crippen LogP contribution < -0.4 is 0 Å². The number of halogens is 10. The Morgan fingerprint density at radius 2 is 1.35 bits per heavy atom. The Hall–Kier alpha value is -3.51. The fraction of sp³-hybridized carbons (Fsp3) is 0.656. The Bertz CT molecular complexity index is 1820. The summed E-state index contributed by atoms with van der Waals surface area (Å²) in [6.45, 7) is 6.87. The fourth-order valence-corrected chi connectivity index (χ4v) is 7.94. The molecule has 3 fully saturated rings. The molecule has 0 saturated heterocycles. The highest BCUT2D eigenvalue weighted by atomic mass is 19.4. The number of rotatable bonds is 2. The van der Waals surface area contributed by atoms with Crippen molar-refractivity contribution in [2.75, 3.05) is 0 Å². The van der Waals surface area contributed by atoms with E-state index in [9.17, 15) is 43.9 Å². The predicted octanol–water partition coefficient (Wildman–Crippen LogP) is 8.82. The lowest BCUT2D eigenvalue weighted by Gasteiger charge is -2.17. The molecule has 0 amide bonds. The van der Waals surface area contributed by atoms with Crippen molar-refractivity contribution >= 4 is 0 Å². The molecule has 0 bridgehead atoms. The number of terminal acetylenes is 1. The van der Waals surface area contributed by atoms with Gasteiger partial charge in [-0.3, -0.25) is 14.5 Å². The standard InChI is InChI=1S/C12H15F3N2.C11H11F5N2.C9H6F2N2/c1-6(2)17-10-8(4-3-7-5-9(7)10)11(16-17)12(13,14)15;1-4(2)18-9-7(8(17-18)11(14,15)16)5-3-6(5)10(9,12)13;1-2-6-7-4-3-5(4)9(10,11)8(7)13-12-6/h6-7,9H,3-5H2,1-2H3;4-6H,3H2,1-2H3;1,4-5H,3H2,(H,12,13). The molecule has 1 N–H and O–H groups in total. The second-order valence-electron chi connectivity index (χ2n) is 14.2. The summed E-state index contributed by atoms with van der Waals surface area (Å²) in [5.41, 5.74) is -0.355. The van der Waals surface area contributed by atoms with Gasteiger partial charge in [0.1, 0.15) is 17.1 Å². The Morgan fingerprint density at radius 1 is 0.792 bits per heavy atom. The predicted molar refractivity (Wildman–Crippen MR) is 150 cm³/mol. The van der Waals surface area contributed by atoms with Gasteiger partial charge in [0.2, 0.25) is 0 Å². The van der Waals surface area contributed by atoms with Crippen LogP contribution in [0.4, 0.5) is 43.9 Å². The third kappa shape index (κ3) is 4.87. The van der Waals surface area contributed by atoms with Crippen LogP contribution in [0.3, 0.4) is 0 Å². The van der Waals surface area contributed by atoms with Gasteiger partial charge in [0, 0.05) is 52.2 Å². The van der Waals surface area contributed by atoms with Crippen LogP contribution in [-0.2, 0) is 30.6 Å². The van der Waals surface area contributed by atoms with E-state index in [1.54, 1.807) is 18.5 Å². The Morgan fingerprint density at radius 3 is 1.92 bits per heavy atom. The SMILES string of the molecule is C#Cc1[nH]nc2c1C1CC1C2(F)F.CC(C)n1nc(C(F)(F)F)c2c1C(F)(F)C1CC21.CC(C)n1nc(C(F)(F)F)c2c1C1CC1CC2. The van der Waals surface area contributed by atoms with Gasteiger partial charge in [-0.1, -0.05) is 5.92 Å². The minimum atomic E-state index is -4.67. The third-order valence-corrected chi connectivity index (χ3v) is 10.4. The maximum atomic E-state index is 14.0. The van der Waals surface area contributed by atoms with Crippen LogP contribution in [-0.4, -0.2) is 29.8 Å². The number of aromatic amines is 1. The smallest absolute Gasteiger partial charge is 0.269 e. The molecular weight excluding hydrogens is 658 g/mol. The van der Waals surface area contributed by atoms with Crippen LogP contribution in [0.25, 0.3) is 0 Å². The van der Waals surface area contributed by atoms with E-state index in [1.807, 2.05) is 13.8 Å². The molecule has 16 heteroatoms. The van der Waals surface area contributed by atoms with E-state index in [0.29, 0.717) is 41.5 Å². The van der Waals surface area contributed by atoms with Crippen LogP contribution in [0.15, 0.2) is 0 Å². The molecule has 48 heavy (non-hydrogen) atoms. The molecule has 0 aliphatic heterocycles. The number of fused-ring (bicyclic) bond motifs is 9. The van der Waals surface area contributed by atoms with Crippen molar-refractivity contribution in [2.45, 2.75) is 114 Å². The topological polar surface area (TPSA) is 64.3 Å². The van der Waals surface area contributed by atoms with Crippen molar-refractivity contribution in [3.8, 4) is 12.3 Å². The molecule has 3 aromatic heterocycles. The average Bonchev–Trinajstić information content (AvgIpc) is 3.93. The monoisotopic (exact) mass is 690 g/mol. The lowest BCUT2D eigenvalue weighted by molar-refractivity contribution is -0.143. The molecular formula is C32H32F10N6. The summed E-state index contributed by atoms with van der Waals surface area (Å²) in [6, 6.07) is -0.516. The molecule has 6 atom stereocenters. The van der Waals surface area contributed by atoms with E-state index in [-0.39, 0.29) is 29.6 Å². The van der Waals surface area contributed by atoms with Crippen LogP contribution in [0.2, 0.25) is 0 Å². The zero-order valence-corrected chi connectivity index (χ0v) is 26.2. The lowest BCUT2D eigenvalue weighted by atomic mass is 9.95. The van der Waals surface area contributed by atoms with Gasteiger partial charge < -0.3 is 0 Å². The number of hydrogen-bond donors (Lipinski definition) is 1. The van der Waals surface area contributed by atoms with E-state index >= 15 is 0 Å². The van der Waals surface area contributed by atoms with Crippen LogP contribution >= 0.6 is 0 Å². The highest BCUT2D eigenvalue weighted by Gasteiger charge is 2.68. The van der Waals surface area contributed by atoms with Crippen molar-refractivity contribution in [1.29, 1.82) is 0 Å². The van der Waals surface area contributed by atoms with Gasteiger partial charge in [0.25, 0.3) is 11.8 Å². The third-order valence-electron chi connectivity index (χ3n) is 10.4. The Kier molecular flexibility index (Phi) is 7.05. The summed E-state index contributed by atoms with van der Waals surface area (Å²) >= 11 is 0. The second kappa shape index (κ2) is 10.3. The van der Waals surface area contributed by atoms with Crippen LogP contribution in [0.5, 0.6) is 0 Å². The molecule has 9 rings (SSSR count). The molecule has 3 saturated carbocycles. The first-order valence-corrected chi connectivity index (χ1v) is 15.9. The second-order valence-corrected chi connectivity index (χ2v) is 14.2. The average molecular weight is 691 g/mol. The van der Waals surface area contributed by atoms with Gasteiger partial charge in [-0.15, -0.1) is 6.42 Å². The zero-order valence-electron chi connectivity index (χ0n) is 26.2. The molecule has 0 aromatic carbocycles. The first-order valence-electron chi connectivity index (χ1n) is 15.9. The normalized spacial score (nSPS) is 28.9. The largest absolute Gasteiger partial charge is 0.435 e. The van der Waals surface area contributed by atoms with E-state index in [1.165, 1.54) is 0 Å². The summed E-state index contributed by atoms with van der Waals surface area (Å²) in [5.74, 6) is -4.85. The highest BCUT2D eigenvalue weighted by Crippen LogP contribution is 2.69. The number of nitrogens with one attached hydrogen (secondary N) is 1. The van der Waals surface area contributed by atoms with Crippen molar-refractivity contribution in [1.82, 2.24) is 29.8 Å². The lowest BCUT2D eigenvalue weighted by Crippen LogP contribution is -2.21. The summed E-state index contributed by atoms with van der Waals surface area (Å²) in [6.07, 6.45) is -0.653. The van der Waals surface area contributed by atoms with E-state index < -0.39 is 65.1 Å². The maximum absolute atomic E-state index is 14.0. The van der Waals surface area contributed by atoms with Gasteiger partial charge in [0.05, 0.1) is 0 Å². The van der Waals surface area contributed by atoms with Gasteiger partial charge >= 0.3 is 12.4 Å². The highest BCUT2D eigenvalue weighted by molar-refractivity contribution is 5.50. The summed E-state index contributed by atoms with van der Waals surface area (Å²) in [7, 11) is 0. The van der Waals surface area contributed by atoms with E-state index in [4.69, 9.17) is 6.42 Å². The minimum Gasteiger partial charge on any atom is -0.269 e. The summed E-state index contributed by atoms with van der Waals surface area (Å²) in [5, 5.41) is 13.3. The molecule has 3 aromatic rings. The number of H-pyrrole nitrogens is 1. The molecule has 6 aliphatic carbocycles. The molecule has 6 unspecified atom stereocenters. The molecule has 6 nitrogen and oxygen atoms in total. The van der Waals surface area contributed by atoms with Gasteiger partial charge in [0.15, 0.2) is 11.4 Å². The number of nitrogens with zero attached hydrogens (tertiary/aromatic N) is 5. The summed E-state index contributed by atoms with van der Waals surface area (Å²) in [4.78, 5) is 0. The molecule has 3 heterocycles. The van der Waals surface area contributed by atoms with E-state index in [2.05, 4.69) is 26.3 Å². The first kappa shape index (κ1) is 33.0. The minimum absolute atomic E-state index is 0.000741. The summed E-state index contributed by atoms with van der Waals surface area (Å²) < 4.78 is 134. The van der Waals surface area contributed by atoms with Gasteiger partial charge in [-0.25, -0.2) is 0 Å². The Labute approximate surface area is 268 Å². The van der Waals surface area contributed by atoms with Crippen molar-refractivity contribution in [3.05, 3.63) is 50.9 Å². The Balaban J connectivity index is 0.000000115. The van der Waals surface area contributed by atoms with Crippen LogP contribution in [0, 0.1) is 30.1 Å². The van der Waals surface area contributed by atoms with Crippen molar-refractivity contribution in [2.24, 2.45) is 17.8 Å². The molecule has 0 spiro atoms. The number of aromatic nitrogens is 6. The zero-order chi connectivity index (χ0) is 35.0. The van der Waals surface area contributed by atoms with Crippen molar-refractivity contribution in [3.63, 3.8) is 0 Å². The first-order chi connectivity index (χ1) is 22.2. The fourth-order valence-electron chi connectivity index (χ4n) is 7.94. The van der Waals surface area contributed by atoms with Crippen LogP contribution in [0.1, 0.15) is 134 Å². The number of hydrogen-bond acceptors (Lipinski definition) is 3.